The Morgan fingerprint density at radius 2 is 1.88 bits per heavy atom. The van der Waals surface area contributed by atoms with Crippen LogP contribution in [0.2, 0.25) is 0 Å². The molecule has 1 aliphatic rings. The summed E-state index contributed by atoms with van der Waals surface area (Å²) in [6, 6.07) is 9.80. The highest BCUT2D eigenvalue weighted by Crippen LogP contribution is 2.36. The maximum Gasteiger partial charge on any atom is 0.469 e. The number of benzene rings is 1. The number of aliphatic hydroxyl groups is 1. The van der Waals surface area contributed by atoms with Gasteiger partial charge in [-0.1, -0.05) is 6.07 Å². The monoisotopic (exact) mass is 612 g/mol. The number of aliphatic hydroxyl groups excluding tert-OH is 1. The van der Waals surface area contributed by atoms with E-state index in [1.807, 2.05) is 11.8 Å². The van der Waals surface area contributed by atoms with Crippen LogP contribution in [0.25, 0.3) is 11.1 Å². The van der Waals surface area contributed by atoms with Crippen molar-refractivity contribution in [3.05, 3.63) is 65.5 Å². The third-order valence-corrected chi connectivity index (χ3v) is 6.59. The van der Waals surface area contributed by atoms with E-state index in [1.165, 1.54) is 0 Å². The molecule has 226 valence electrons. The van der Waals surface area contributed by atoms with Crippen LogP contribution in [0.5, 0.6) is 5.88 Å². The van der Waals surface area contributed by atoms with Crippen molar-refractivity contribution in [2.75, 3.05) is 49.7 Å². The Morgan fingerprint density at radius 3 is 2.57 bits per heavy atom. The van der Waals surface area contributed by atoms with Gasteiger partial charge in [-0.15, -0.1) is 0 Å². The number of morpholine rings is 1. The maximum absolute atomic E-state index is 13.1. The molecule has 4 rings (SSSR count). The molecule has 0 radical (unpaired) electrons. The lowest BCUT2D eigenvalue weighted by atomic mass is 10.00. The highest BCUT2D eigenvalue weighted by Gasteiger charge is 2.31. The number of aryl methyl sites for hydroxylation is 1. The molecule has 16 heteroatoms. The fraction of sp³-hybridized carbons (Fsp3) is 0.346. The van der Waals surface area contributed by atoms with Crippen LogP contribution in [-0.2, 0) is 20.0 Å². The van der Waals surface area contributed by atoms with Gasteiger partial charge in [0.2, 0.25) is 5.88 Å². The second kappa shape index (κ2) is 13.2. The van der Waals surface area contributed by atoms with Gasteiger partial charge >= 0.3 is 14.0 Å². The van der Waals surface area contributed by atoms with Gasteiger partial charge in [0.25, 0.3) is 5.91 Å². The van der Waals surface area contributed by atoms with E-state index in [2.05, 4.69) is 19.8 Å². The third-order valence-electron chi connectivity index (χ3n) is 6.11. The Morgan fingerprint density at radius 1 is 1.14 bits per heavy atom. The first-order chi connectivity index (χ1) is 19.8. The molecule has 1 amide bonds. The summed E-state index contributed by atoms with van der Waals surface area (Å²) in [4.78, 5) is 40.6. The van der Waals surface area contributed by atoms with E-state index in [1.54, 1.807) is 30.3 Å². The number of phosphoric ester groups is 1. The standard InChI is InChI=1S/C26H28F3N4O8P/c1-16-2-3-19(31-25(35)22-12-18(4-5-30-22)26(27,28)29)13-21(16)17-10-23(33-6-8-39-9-7-33)32-24(11-17)40-14-20(34)15-41-42(36,37)38/h2-5,10-13,20,34H,6-9,14-15H2,1H3,(H,31,35)(H2,36,37,38). The summed E-state index contributed by atoms with van der Waals surface area (Å²) < 4.78 is 65.5. The van der Waals surface area contributed by atoms with Crippen LogP contribution < -0.4 is 15.0 Å². The predicted octanol–water partition coefficient (Wildman–Crippen LogP) is 3.41. The van der Waals surface area contributed by atoms with Gasteiger partial charge < -0.3 is 34.6 Å². The topological polar surface area (TPSA) is 164 Å². The van der Waals surface area contributed by atoms with Crippen molar-refractivity contribution in [3.63, 3.8) is 0 Å². The van der Waals surface area contributed by atoms with E-state index in [0.29, 0.717) is 55.0 Å². The molecule has 3 heterocycles. The lowest BCUT2D eigenvalue weighted by molar-refractivity contribution is -0.137. The van der Waals surface area contributed by atoms with Gasteiger partial charge in [-0.25, -0.2) is 4.57 Å². The van der Waals surface area contributed by atoms with Crippen LogP contribution in [0.3, 0.4) is 0 Å². The van der Waals surface area contributed by atoms with Gasteiger partial charge in [-0.05, 0) is 53.9 Å². The predicted molar refractivity (Wildman–Crippen MR) is 144 cm³/mol. The molecule has 42 heavy (non-hydrogen) atoms. The van der Waals surface area contributed by atoms with Crippen LogP contribution in [0, 0.1) is 6.92 Å². The average molecular weight is 612 g/mol. The minimum atomic E-state index is -4.77. The first-order valence-corrected chi connectivity index (χ1v) is 14.1. The van der Waals surface area contributed by atoms with E-state index in [-0.39, 0.29) is 12.5 Å². The van der Waals surface area contributed by atoms with Crippen LogP contribution in [0.15, 0.2) is 48.7 Å². The molecule has 2 aromatic heterocycles. The van der Waals surface area contributed by atoms with Crippen LogP contribution in [0.1, 0.15) is 21.6 Å². The molecular weight excluding hydrogens is 584 g/mol. The number of amides is 1. The van der Waals surface area contributed by atoms with Crippen molar-refractivity contribution in [2.45, 2.75) is 19.2 Å². The lowest BCUT2D eigenvalue weighted by Crippen LogP contribution is -2.36. The second-order valence-electron chi connectivity index (χ2n) is 9.31. The molecular formula is C26H28F3N4O8P. The molecule has 0 aliphatic carbocycles. The summed E-state index contributed by atoms with van der Waals surface area (Å²) in [7, 11) is -4.77. The number of hydrogen-bond acceptors (Lipinski definition) is 9. The van der Waals surface area contributed by atoms with Crippen molar-refractivity contribution in [1.29, 1.82) is 0 Å². The highest BCUT2D eigenvalue weighted by atomic mass is 31.2. The Labute approximate surface area is 238 Å². The van der Waals surface area contributed by atoms with Gasteiger partial charge in [0.05, 0.1) is 25.4 Å². The molecule has 3 aromatic rings. The molecule has 1 atom stereocenters. The van der Waals surface area contributed by atoms with E-state index >= 15 is 0 Å². The summed E-state index contributed by atoms with van der Waals surface area (Å²) in [6.07, 6.45) is -5.07. The van der Waals surface area contributed by atoms with Gasteiger partial charge in [0.15, 0.2) is 0 Å². The number of pyridine rings is 2. The highest BCUT2D eigenvalue weighted by molar-refractivity contribution is 7.46. The van der Waals surface area contributed by atoms with E-state index < -0.39 is 43.9 Å². The summed E-state index contributed by atoms with van der Waals surface area (Å²) in [5.41, 5.74) is 0.973. The largest absolute Gasteiger partial charge is 0.475 e. The molecule has 0 bridgehead atoms. The zero-order valence-electron chi connectivity index (χ0n) is 22.2. The SMILES string of the molecule is Cc1ccc(NC(=O)c2cc(C(F)(F)F)ccn2)cc1-c1cc(OCC(O)COP(=O)(O)O)nc(N2CCOCC2)c1. The Balaban J connectivity index is 1.60. The summed E-state index contributed by atoms with van der Waals surface area (Å²) in [5.74, 6) is -0.185. The number of rotatable bonds is 10. The molecule has 1 unspecified atom stereocenters. The van der Waals surface area contributed by atoms with Crippen LogP contribution in [0.4, 0.5) is 24.7 Å². The first-order valence-electron chi connectivity index (χ1n) is 12.6. The van der Waals surface area contributed by atoms with Gasteiger partial charge in [0, 0.05) is 31.0 Å². The van der Waals surface area contributed by atoms with Crippen molar-refractivity contribution in [2.24, 2.45) is 0 Å². The number of halogens is 3. The number of nitrogens with one attached hydrogen (secondary N) is 1. The van der Waals surface area contributed by atoms with Gasteiger partial charge in [-0.3, -0.25) is 14.3 Å². The number of anilines is 2. The summed E-state index contributed by atoms with van der Waals surface area (Å²) in [5, 5.41) is 12.6. The van der Waals surface area contributed by atoms with Crippen molar-refractivity contribution in [1.82, 2.24) is 9.97 Å². The van der Waals surface area contributed by atoms with Crippen LogP contribution >= 0.6 is 7.82 Å². The van der Waals surface area contributed by atoms with Crippen LogP contribution in [-0.4, -0.2) is 76.4 Å². The van der Waals surface area contributed by atoms with Crippen molar-refractivity contribution in [3.8, 4) is 17.0 Å². The Bertz CT molecular complexity index is 1460. The molecule has 1 aliphatic heterocycles. The number of hydrogen-bond donors (Lipinski definition) is 4. The lowest BCUT2D eigenvalue weighted by Gasteiger charge is -2.28. The fourth-order valence-corrected chi connectivity index (χ4v) is 4.39. The first kappa shape index (κ1) is 31.3. The summed E-state index contributed by atoms with van der Waals surface area (Å²) in [6.45, 7) is 2.84. The fourth-order valence-electron chi connectivity index (χ4n) is 4.02. The smallest absolute Gasteiger partial charge is 0.469 e. The van der Waals surface area contributed by atoms with E-state index in [0.717, 1.165) is 17.8 Å². The van der Waals surface area contributed by atoms with Crippen molar-refractivity contribution < 1.29 is 51.4 Å². The number of phosphoric acid groups is 1. The molecule has 1 aromatic carbocycles. The number of aromatic nitrogens is 2. The minimum Gasteiger partial charge on any atom is -0.475 e. The number of carbonyl (C=O) groups is 1. The molecule has 1 fully saturated rings. The third kappa shape index (κ3) is 8.71. The molecule has 0 spiro atoms. The zero-order valence-corrected chi connectivity index (χ0v) is 23.1. The average Bonchev–Trinajstić information content (AvgIpc) is 2.95. The number of alkyl halides is 3. The number of ether oxygens (including phenoxy) is 2. The van der Waals surface area contributed by atoms with Gasteiger partial charge in [0.1, 0.15) is 24.2 Å². The maximum atomic E-state index is 13.1. The quantitative estimate of drug-likeness (QED) is 0.248. The Hall–Kier alpha value is -3.59. The summed E-state index contributed by atoms with van der Waals surface area (Å²) >= 11 is 0. The zero-order chi connectivity index (χ0) is 30.5. The molecule has 0 saturated carbocycles. The second-order valence-corrected chi connectivity index (χ2v) is 10.6. The van der Waals surface area contributed by atoms with E-state index in [9.17, 15) is 27.6 Å². The van der Waals surface area contributed by atoms with E-state index in [4.69, 9.17) is 19.3 Å². The number of carbonyl (C=O) groups excluding carboxylic acids is 1. The molecule has 1 saturated heterocycles. The minimum absolute atomic E-state index is 0.103. The van der Waals surface area contributed by atoms with Crippen molar-refractivity contribution >= 4 is 25.2 Å². The van der Waals surface area contributed by atoms with Gasteiger partial charge in [-0.2, -0.15) is 18.2 Å². The number of nitrogens with zero attached hydrogens (tertiary/aromatic N) is 3. The normalized spacial score (nSPS) is 14.9. The Kier molecular flexibility index (Phi) is 9.82. The molecule has 12 nitrogen and oxygen atoms in total. The molecule has 4 N–H and O–H groups in total.